The maximum Gasteiger partial charge on any atom is 0.142 e. The third kappa shape index (κ3) is 2.62. The summed E-state index contributed by atoms with van der Waals surface area (Å²) in [5.74, 6) is 1.44. The smallest absolute Gasteiger partial charge is 0.142 e. The van der Waals surface area contributed by atoms with E-state index in [1.165, 1.54) is 0 Å². The van der Waals surface area contributed by atoms with Crippen molar-refractivity contribution in [2.45, 2.75) is 26.4 Å². The highest BCUT2D eigenvalue weighted by Crippen LogP contribution is 2.42. The number of methoxy groups -OCH3 is 1. The number of aryl methyl sites for hydroxylation is 2. The molecule has 4 heterocycles. The average molecular weight is 429 g/mol. The molecule has 160 valence electrons. The Labute approximate surface area is 182 Å². The van der Waals surface area contributed by atoms with Gasteiger partial charge in [0, 0.05) is 45.9 Å². The Balaban J connectivity index is 1.63. The molecule has 1 unspecified atom stereocenters. The molecular weight excluding hydrogens is 409 g/mol. The van der Waals surface area contributed by atoms with Gasteiger partial charge in [0.2, 0.25) is 0 Å². The Morgan fingerprint density at radius 3 is 2.84 bits per heavy atom. The number of halogens is 1. The predicted octanol–water partition coefficient (Wildman–Crippen LogP) is 5.29. The van der Waals surface area contributed by atoms with Crippen LogP contribution in [-0.4, -0.2) is 38.4 Å². The van der Waals surface area contributed by atoms with Gasteiger partial charge in [-0.1, -0.05) is 11.2 Å². The molecule has 0 radical (unpaired) electrons. The van der Waals surface area contributed by atoms with Crippen LogP contribution in [0.15, 0.2) is 35.3 Å². The molecule has 2 N–H and O–H groups in total. The average Bonchev–Trinajstić information content (AvgIpc) is 3.46. The summed E-state index contributed by atoms with van der Waals surface area (Å²) in [7, 11) is 1.65. The molecule has 1 aliphatic carbocycles. The van der Waals surface area contributed by atoms with Gasteiger partial charge in [-0.3, -0.25) is 0 Å². The number of aromatic nitrogens is 5. The lowest BCUT2D eigenvalue weighted by molar-refractivity contribution is 0.393. The summed E-state index contributed by atoms with van der Waals surface area (Å²) < 4.78 is 24.9. The van der Waals surface area contributed by atoms with Gasteiger partial charge in [0.15, 0.2) is 0 Å². The van der Waals surface area contributed by atoms with Crippen molar-refractivity contribution in [3.8, 4) is 28.1 Å². The van der Waals surface area contributed by atoms with Crippen LogP contribution in [0.25, 0.3) is 50.4 Å². The number of fused-ring (bicyclic) bond motifs is 4. The SMILES string of the molecule is COc1cc2c(cc1-c1c(C)noc1C)[nH]c1ncnc(-c3c[nH]c4c3C=CC(F)C4)c12. The summed E-state index contributed by atoms with van der Waals surface area (Å²) >= 11 is 0. The minimum atomic E-state index is -0.973. The molecule has 1 atom stereocenters. The number of allylic oxidation sites excluding steroid dienone is 1. The summed E-state index contributed by atoms with van der Waals surface area (Å²) in [6.45, 7) is 3.80. The minimum absolute atomic E-state index is 0.336. The number of hydrogen-bond donors (Lipinski definition) is 2. The van der Waals surface area contributed by atoms with Crippen LogP contribution in [0.3, 0.4) is 0 Å². The Bertz CT molecular complexity index is 1520. The highest BCUT2D eigenvalue weighted by molar-refractivity contribution is 6.14. The number of ether oxygens (including phenoxy) is 1. The molecule has 32 heavy (non-hydrogen) atoms. The molecule has 0 bridgehead atoms. The van der Waals surface area contributed by atoms with Crippen LogP contribution >= 0.6 is 0 Å². The van der Waals surface area contributed by atoms with E-state index >= 15 is 0 Å². The lowest BCUT2D eigenvalue weighted by atomic mass is 9.97. The van der Waals surface area contributed by atoms with E-state index in [9.17, 15) is 4.39 Å². The third-order valence-electron chi connectivity index (χ3n) is 6.14. The fourth-order valence-electron chi connectivity index (χ4n) is 4.69. The molecular formula is C24H20FN5O2. The molecule has 0 saturated carbocycles. The normalized spacial score (nSPS) is 15.6. The van der Waals surface area contributed by atoms with Gasteiger partial charge in [-0.15, -0.1) is 0 Å². The van der Waals surface area contributed by atoms with Crippen LogP contribution in [-0.2, 0) is 6.42 Å². The number of nitrogens with zero attached hydrogens (tertiary/aromatic N) is 3. The second-order valence-electron chi connectivity index (χ2n) is 8.04. The summed E-state index contributed by atoms with van der Waals surface area (Å²) in [4.78, 5) is 15.7. The zero-order valence-corrected chi connectivity index (χ0v) is 17.8. The molecule has 7 nitrogen and oxygen atoms in total. The summed E-state index contributed by atoms with van der Waals surface area (Å²) in [6, 6.07) is 4.03. The van der Waals surface area contributed by atoms with Gasteiger partial charge in [0.25, 0.3) is 0 Å². The number of benzene rings is 1. The van der Waals surface area contributed by atoms with E-state index in [0.29, 0.717) is 12.2 Å². The molecule has 8 heteroatoms. The Morgan fingerprint density at radius 2 is 2.06 bits per heavy atom. The molecule has 6 rings (SSSR count). The van der Waals surface area contributed by atoms with Crippen LogP contribution < -0.4 is 4.74 Å². The Kier molecular flexibility index (Phi) is 3.98. The topological polar surface area (TPSA) is 92.6 Å². The highest BCUT2D eigenvalue weighted by Gasteiger charge is 2.23. The van der Waals surface area contributed by atoms with Crippen LogP contribution in [0.4, 0.5) is 4.39 Å². The van der Waals surface area contributed by atoms with E-state index in [-0.39, 0.29) is 0 Å². The number of H-pyrrole nitrogens is 2. The number of rotatable bonds is 3. The van der Waals surface area contributed by atoms with Gasteiger partial charge < -0.3 is 19.2 Å². The maximum absolute atomic E-state index is 13.8. The van der Waals surface area contributed by atoms with E-state index in [1.807, 2.05) is 38.3 Å². The minimum Gasteiger partial charge on any atom is -0.496 e. The Morgan fingerprint density at radius 1 is 1.19 bits per heavy atom. The molecule has 0 spiro atoms. The van der Waals surface area contributed by atoms with Gasteiger partial charge in [0.05, 0.1) is 29.4 Å². The maximum atomic E-state index is 13.8. The van der Waals surface area contributed by atoms with Crippen molar-refractivity contribution in [3.63, 3.8) is 0 Å². The molecule has 0 amide bonds. The predicted molar refractivity (Wildman–Crippen MR) is 120 cm³/mol. The van der Waals surface area contributed by atoms with Crippen molar-refractivity contribution in [2.24, 2.45) is 0 Å². The first-order valence-electron chi connectivity index (χ1n) is 10.4. The first kappa shape index (κ1) is 18.8. The molecule has 5 aromatic rings. The fourth-order valence-corrected chi connectivity index (χ4v) is 4.69. The van der Waals surface area contributed by atoms with E-state index < -0.39 is 6.17 Å². The van der Waals surface area contributed by atoms with Crippen molar-refractivity contribution < 1.29 is 13.7 Å². The van der Waals surface area contributed by atoms with Crippen molar-refractivity contribution in [1.82, 2.24) is 25.1 Å². The van der Waals surface area contributed by atoms with Crippen molar-refractivity contribution in [1.29, 1.82) is 0 Å². The van der Waals surface area contributed by atoms with Crippen molar-refractivity contribution in [3.05, 3.63) is 53.4 Å². The monoisotopic (exact) mass is 429 g/mol. The molecule has 1 aliphatic rings. The lowest BCUT2D eigenvalue weighted by Gasteiger charge is -2.11. The molecule has 0 aliphatic heterocycles. The number of aromatic amines is 2. The number of hydrogen-bond acceptors (Lipinski definition) is 5. The molecule has 0 saturated heterocycles. The number of alkyl halides is 1. The standard InChI is InChI=1S/C24H20FN5O2/c1-11-21(12(2)32-30-11)16-7-19-15(8-20(16)31-3)22-23(27-10-28-24(22)29-19)17-9-26-18-6-13(25)4-5-14(17)18/h4-5,7-10,13,26H,6H2,1-3H3,(H,27,28,29). The zero-order chi connectivity index (χ0) is 22.0. The van der Waals surface area contributed by atoms with Crippen LogP contribution in [0, 0.1) is 13.8 Å². The second kappa shape index (κ2) is 6.78. The zero-order valence-electron chi connectivity index (χ0n) is 17.8. The highest BCUT2D eigenvalue weighted by atomic mass is 19.1. The van der Waals surface area contributed by atoms with E-state index in [4.69, 9.17) is 9.26 Å². The summed E-state index contributed by atoms with van der Waals surface area (Å²) in [5.41, 5.74) is 7.79. The van der Waals surface area contributed by atoms with E-state index in [0.717, 1.165) is 67.0 Å². The van der Waals surface area contributed by atoms with Gasteiger partial charge in [0.1, 0.15) is 29.7 Å². The summed E-state index contributed by atoms with van der Waals surface area (Å²) in [5, 5.41) is 5.92. The summed E-state index contributed by atoms with van der Waals surface area (Å²) in [6.07, 6.45) is 6.22. The first-order chi connectivity index (χ1) is 15.5. The molecule has 0 fully saturated rings. The molecule has 1 aromatic carbocycles. The van der Waals surface area contributed by atoms with Crippen LogP contribution in [0.2, 0.25) is 0 Å². The first-order valence-corrected chi connectivity index (χ1v) is 10.4. The van der Waals surface area contributed by atoms with Crippen LogP contribution in [0.5, 0.6) is 5.75 Å². The fraction of sp³-hybridized carbons (Fsp3) is 0.208. The van der Waals surface area contributed by atoms with Crippen molar-refractivity contribution in [2.75, 3.05) is 7.11 Å². The van der Waals surface area contributed by atoms with Gasteiger partial charge in [-0.25, -0.2) is 14.4 Å². The lowest BCUT2D eigenvalue weighted by Crippen LogP contribution is -2.06. The van der Waals surface area contributed by atoms with Gasteiger partial charge in [-0.05, 0) is 32.1 Å². The Hall–Kier alpha value is -3.94. The second-order valence-corrected chi connectivity index (χ2v) is 8.04. The number of nitrogens with one attached hydrogen (secondary N) is 2. The quantitative estimate of drug-likeness (QED) is 0.406. The van der Waals surface area contributed by atoms with E-state index in [1.54, 1.807) is 19.5 Å². The largest absolute Gasteiger partial charge is 0.496 e. The van der Waals surface area contributed by atoms with Crippen LogP contribution in [0.1, 0.15) is 22.7 Å². The van der Waals surface area contributed by atoms with Crippen molar-refractivity contribution >= 4 is 28.0 Å². The van der Waals surface area contributed by atoms with Gasteiger partial charge in [-0.2, -0.15) is 0 Å². The third-order valence-corrected chi connectivity index (χ3v) is 6.14. The van der Waals surface area contributed by atoms with E-state index in [2.05, 4.69) is 25.1 Å². The molecule has 4 aromatic heterocycles. The van der Waals surface area contributed by atoms with Gasteiger partial charge >= 0.3 is 0 Å².